The van der Waals surface area contributed by atoms with Gasteiger partial charge < -0.3 is 19.4 Å². The summed E-state index contributed by atoms with van der Waals surface area (Å²) in [6, 6.07) is 15.7. The van der Waals surface area contributed by atoms with E-state index in [1.807, 2.05) is 48.7 Å². The van der Waals surface area contributed by atoms with Gasteiger partial charge in [-0.25, -0.2) is 0 Å². The van der Waals surface area contributed by atoms with E-state index in [0.717, 1.165) is 27.8 Å². The fraction of sp³-hybridized carbons (Fsp3) is 0.269. The quantitative estimate of drug-likeness (QED) is 0.440. The van der Waals surface area contributed by atoms with Crippen LogP contribution in [0.5, 0.6) is 11.5 Å². The summed E-state index contributed by atoms with van der Waals surface area (Å²) in [5.41, 5.74) is 3.08. The SMILES string of the molecule is CC(C)c1cccc(Oc2ccc(C(C)(C)O)cc2-c2cn(C)c(=O)c3[nH]ccc23)c1. The molecule has 0 fully saturated rings. The van der Waals surface area contributed by atoms with Crippen molar-refractivity contribution in [1.82, 2.24) is 9.55 Å². The predicted octanol–water partition coefficient (Wildman–Crippen LogP) is 5.68. The van der Waals surface area contributed by atoms with E-state index in [4.69, 9.17) is 4.74 Å². The molecule has 0 aliphatic carbocycles. The van der Waals surface area contributed by atoms with E-state index in [2.05, 4.69) is 24.9 Å². The van der Waals surface area contributed by atoms with Gasteiger partial charge in [0.25, 0.3) is 5.56 Å². The van der Waals surface area contributed by atoms with Crippen molar-refractivity contribution in [2.24, 2.45) is 7.05 Å². The first-order valence-electron chi connectivity index (χ1n) is 10.5. The summed E-state index contributed by atoms with van der Waals surface area (Å²) in [6.45, 7) is 7.81. The Balaban J connectivity index is 1.92. The number of ether oxygens (including phenoxy) is 1. The second-order valence-electron chi connectivity index (χ2n) is 8.82. The number of nitrogens with zero attached hydrogens (tertiary/aromatic N) is 1. The Morgan fingerprint density at radius 3 is 2.55 bits per heavy atom. The lowest BCUT2D eigenvalue weighted by molar-refractivity contribution is 0.0786. The molecular weight excluding hydrogens is 388 g/mol. The zero-order valence-electron chi connectivity index (χ0n) is 18.6. The largest absolute Gasteiger partial charge is 0.457 e. The molecule has 0 saturated heterocycles. The first kappa shape index (κ1) is 20.9. The number of nitrogens with one attached hydrogen (secondary N) is 1. The average molecular weight is 417 g/mol. The number of H-pyrrole nitrogens is 1. The summed E-state index contributed by atoms with van der Waals surface area (Å²) in [7, 11) is 1.73. The van der Waals surface area contributed by atoms with E-state index in [9.17, 15) is 9.90 Å². The molecule has 0 radical (unpaired) electrons. The number of fused-ring (bicyclic) bond motifs is 1. The van der Waals surface area contributed by atoms with Gasteiger partial charge in [-0.15, -0.1) is 0 Å². The van der Waals surface area contributed by atoms with Crippen molar-refractivity contribution in [3.8, 4) is 22.6 Å². The Hall–Kier alpha value is -3.31. The third-order valence-corrected chi connectivity index (χ3v) is 5.62. The van der Waals surface area contributed by atoms with E-state index in [0.29, 0.717) is 17.2 Å². The second-order valence-corrected chi connectivity index (χ2v) is 8.82. The summed E-state index contributed by atoms with van der Waals surface area (Å²) in [4.78, 5) is 15.6. The average Bonchev–Trinajstić information content (AvgIpc) is 3.21. The predicted molar refractivity (Wildman–Crippen MR) is 125 cm³/mol. The van der Waals surface area contributed by atoms with Gasteiger partial charge in [0.1, 0.15) is 17.0 Å². The lowest BCUT2D eigenvalue weighted by Crippen LogP contribution is -2.17. The Bertz CT molecular complexity index is 1310. The summed E-state index contributed by atoms with van der Waals surface area (Å²) in [6.07, 6.45) is 3.58. The summed E-state index contributed by atoms with van der Waals surface area (Å²) in [5, 5.41) is 11.4. The maximum Gasteiger partial charge on any atom is 0.274 e. The summed E-state index contributed by atoms with van der Waals surface area (Å²) in [5.74, 6) is 1.80. The van der Waals surface area contributed by atoms with Crippen LogP contribution in [0.1, 0.15) is 44.7 Å². The standard InChI is InChI=1S/C26H28N2O3/c1-16(2)17-7-6-8-19(13-17)31-23-10-9-18(26(3,4)30)14-21(23)22-15-28(5)25(29)24-20(22)11-12-27-24/h6-16,27,30H,1-5H3. The van der Waals surface area contributed by atoms with Gasteiger partial charge in [-0.3, -0.25) is 4.79 Å². The van der Waals surface area contributed by atoms with Gasteiger partial charge in [-0.05, 0) is 61.2 Å². The van der Waals surface area contributed by atoms with Crippen LogP contribution in [0, 0.1) is 0 Å². The summed E-state index contributed by atoms with van der Waals surface area (Å²) < 4.78 is 7.90. The van der Waals surface area contributed by atoms with Crippen LogP contribution >= 0.6 is 0 Å². The molecule has 2 N–H and O–H groups in total. The molecule has 0 unspecified atom stereocenters. The van der Waals surface area contributed by atoms with Crippen LogP contribution in [0.15, 0.2) is 65.7 Å². The molecule has 0 saturated carbocycles. The molecule has 4 rings (SSSR count). The van der Waals surface area contributed by atoms with Gasteiger partial charge in [0.15, 0.2) is 0 Å². The van der Waals surface area contributed by atoms with Crippen LogP contribution in [0.3, 0.4) is 0 Å². The fourth-order valence-corrected chi connectivity index (χ4v) is 3.76. The first-order valence-corrected chi connectivity index (χ1v) is 10.5. The monoisotopic (exact) mass is 416 g/mol. The van der Waals surface area contributed by atoms with Crippen molar-refractivity contribution in [3.05, 3.63) is 82.4 Å². The topological polar surface area (TPSA) is 67.2 Å². The lowest BCUT2D eigenvalue weighted by atomic mass is 9.93. The van der Waals surface area contributed by atoms with Crippen LogP contribution in [-0.4, -0.2) is 14.7 Å². The van der Waals surface area contributed by atoms with Gasteiger partial charge in [0.2, 0.25) is 0 Å². The van der Waals surface area contributed by atoms with Crippen molar-refractivity contribution in [2.45, 2.75) is 39.2 Å². The highest BCUT2D eigenvalue weighted by molar-refractivity contribution is 5.96. The van der Waals surface area contributed by atoms with Gasteiger partial charge in [-0.2, -0.15) is 0 Å². The Morgan fingerprint density at radius 2 is 1.84 bits per heavy atom. The Kier molecular flexibility index (Phi) is 5.23. The number of hydrogen-bond donors (Lipinski definition) is 2. The minimum Gasteiger partial charge on any atom is -0.457 e. The van der Waals surface area contributed by atoms with Crippen LogP contribution in [-0.2, 0) is 12.6 Å². The molecule has 2 aromatic carbocycles. The van der Waals surface area contributed by atoms with Crippen molar-refractivity contribution in [3.63, 3.8) is 0 Å². The zero-order chi connectivity index (χ0) is 22.3. The molecule has 2 aromatic heterocycles. The number of aliphatic hydroxyl groups is 1. The number of rotatable bonds is 5. The Morgan fingerprint density at radius 1 is 1.06 bits per heavy atom. The molecule has 0 atom stereocenters. The van der Waals surface area contributed by atoms with E-state index < -0.39 is 5.60 Å². The van der Waals surface area contributed by atoms with Gasteiger partial charge >= 0.3 is 0 Å². The Labute approximate surface area is 181 Å². The third-order valence-electron chi connectivity index (χ3n) is 5.62. The normalized spacial score (nSPS) is 12.0. The van der Waals surface area contributed by atoms with Crippen LogP contribution in [0.4, 0.5) is 0 Å². The minimum absolute atomic E-state index is 0.0884. The molecule has 0 bridgehead atoms. The van der Waals surface area contributed by atoms with E-state index >= 15 is 0 Å². The fourth-order valence-electron chi connectivity index (χ4n) is 3.76. The minimum atomic E-state index is -1.01. The van der Waals surface area contributed by atoms with Gasteiger partial charge in [0, 0.05) is 36.0 Å². The number of benzene rings is 2. The number of hydrogen-bond acceptors (Lipinski definition) is 3. The van der Waals surface area contributed by atoms with Crippen molar-refractivity contribution in [2.75, 3.05) is 0 Å². The van der Waals surface area contributed by atoms with Crippen LogP contribution in [0.2, 0.25) is 0 Å². The summed E-state index contributed by atoms with van der Waals surface area (Å²) >= 11 is 0. The molecule has 0 spiro atoms. The van der Waals surface area contributed by atoms with E-state index in [-0.39, 0.29) is 5.56 Å². The molecule has 5 nitrogen and oxygen atoms in total. The molecule has 2 heterocycles. The zero-order valence-corrected chi connectivity index (χ0v) is 18.6. The number of pyridine rings is 1. The molecular formula is C26H28N2O3. The molecule has 160 valence electrons. The molecule has 0 aliphatic heterocycles. The van der Waals surface area contributed by atoms with E-state index in [1.165, 1.54) is 5.56 Å². The van der Waals surface area contributed by atoms with Crippen LogP contribution < -0.4 is 10.3 Å². The van der Waals surface area contributed by atoms with Gasteiger partial charge in [-0.1, -0.05) is 32.0 Å². The van der Waals surface area contributed by atoms with Crippen molar-refractivity contribution in [1.29, 1.82) is 0 Å². The molecule has 0 amide bonds. The molecule has 0 aliphatic rings. The number of aryl methyl sites for hydroxylation is 1. The first-order chi connectivity index (χ1) is 14.6. The molecule has 5 heteroatoms. The molecule has 31 heavy (non-hydrogen) atoms. The molecule has 4 aromatic rings. The lowest BCUT2D eigenvalue weighted by Gasteiger charge is -2.21. The second kappa shape index (κ2) is 7.75. The van der Waals surface area contributed by atoms with E-state index in [1.54, 1.807) is 31.7 Å². The highest BCUT2D eigenvalue weighted by atomic mass is 16.5. The third kappa shape index (κ3) is 4.01. The van der Waals surface area contributed by atoms with Crippen LogP contribution in [0.25, 0.3) is 22.0 Å². The number of aromatic amines is 1. The van der Waals surface area contributed by atoms with Gasteiger partial charge in [0.05, 0.1) is 5.60 Å². The van der Waals surface area contributed by atoms with Crippen molar-refractivity contribution >= 4 is 10.9 Å². The highest BCUT2D eigenvalue weighted by Crippen LogP contribution is 2.39. The van der Waals surface area contributed by atoms with Crippen molar-refractivity contribution < 1.29 is 9.84 Å². The smallest absolute Gasteiger partial charge is 0.274 e. The highest BCUT2D eigenvalue weighted by Gasteiger charge is 2.21. The number of aromatic nitrogens is 2. The maximum absolute atomic E-state index is 12.5. The maximum atomic E-state index is 12.5.